The number of carbonyl (C=O) groups is 2. The van der Waals surface area contributed by atoms with E-state index >= 15 is 0 Å². The van der Waals surface area contributed by atoms with E-state index in [1.165, 1.54) is 167 Å². The number of aliphatic hydroxyl groups is 2. The van der Waals surface area contributed by atoms with Crippen LogP contribution in [0.1, 0.15) is 284 Å². The van der Waals surface area contributed by atoms with Gasteiger partial charge in [0.2, 0.25) is 5.91 Å². The van der Waals surface area contributed by atoms with Gasteiger partial charge >= 0.3 is 5.97 Å². The van der Waals surface area contributed by atoms with Gasteiger partial charge in [0.05, 0.1) is 25.2 Å². The first-order chi connectivity index (χ1) is 29.5. The zero-order valence-corrected chi connectivity index (χ0v) is 40.4. The third-order valence-corrected chi connectivity index (χ3v) is 12.3. The Labute approximate surface area is 373 Å². The van der Waals surface area contributed by atoms with Crippen molar-refractivity contribution in [2.45, 2.75) is 302 Å². The van der Waals surface area contributed by atoms with Crippen LogP contribution >= 0.6 is 0 Å². The minimum atomic E-state index is -0.787. The average Bonchev–Trinajstić information content (AvgIpc) is 3.24. The molecule has 0 aromatic carbocycles. The van der Waals surface area contributed by atoms with Crippen molar-refractivity contribution in [1.29, 1.82) is 0 Å². The smallest absolute Gasteiger partial charge is 0.306 e. The van der Waals surface area contributed by atoms with E-state index in [2.05, 4.69) is 50.4 Å². The maximum Gasteiger partial charge on any atom is 0.306 e. The number of hydrogen-bond donors (Lipinski definition) is 3. The lowest BCUT2D eigenvalue weighted by Gasteiger charge is -2.24. The predicted octanol–water partition coefficient (Wildman–Crippen LogP) is 15.9. The van der Waals surface area contributed by atoms with Crippen molar-refractivity contribution < 1.29 is 24.5 Å². The first-order valence-electron chi connectivity index (χ1n) is 26.6. The van der Waals surface area contributed by atoms with Gasteiger partial charge in [0, 0.05) is 6.42 Å². The lowest BCUT2D eigenvalue weighted by molar-refractivity contribution is -0.151. The maximum atomic E-state index is 13.2. The molecule has 0 heterocycles. The van der Waals surface area contributed by atoms with E-state index in [1.54, 1.807) is 0 Å². The minimum absolute atomic E-state index is 0.0732. The number of aliphatic hydroxyl groups excluding tert-OH is 2. The molecule has 0 saturated carbocycles. The van der Waals surface area contributed by atoms with E-state index in [4.69, 9.17) is 4.74 Å². The third kappa shape index (κ3) is 43.0. The molecule has 60 heavy (non-hydrogen) atoms. The summed E-state index contributed by atoms with van der Waals surface area (Å²) in [5.41, 5.74) is 0. The Morgan fingerprint density at radius 2 is 0.900 bits per heavy atom. The molecule has 0 aromatic heterocycles. The molecular weight excluding hydrogens is 743 g/mol. The molecule has 0 aliphatic heterocycles. The molecule has 0 radical (unpaired) electrons. The molecule has 6 heteroatoms. The third-order valence-electron chi connectivity index (χ3n) is 12.3. The summed E-state index contributed by atoms with van der Waals surface area (Å²) in [5, 5.41) is 23.8. The summed E-state index contributed by atoms with van der Waals surface area (Å²) in [7, 11) is 0. The van der Waals surface area contributed by atoms with Gasteiger partial charge in [-0.15, -0.1) is 0 Å². The lowest BCUT2D eigenvalue weighted by atomic mass is 10.0. The summed E-state index contributed by atoms with van der Waals surface area (Å²) >= 11 is 0. The quantitative estimate of drug-likeness (QED) is 0.0322. The highest BCUT2D eigenvalue weighted by atomic mass is 16.5. The van der Waals surface area contributed by atoms with Crippen LogP contribution < -0.4 is 5.32 Å². The second-order valence-corrected chi connectivity index (χ2v) is 18.3. The van der Waals surface area contributed by atoms with Gasteiger partial charge in [-0.25, -0.2) is 0 Å². The number of rotatable bonds is 48. The molecule has 0 aliphatic carbocycles. The van der Waals surface area contributed by atoms with Crippen LogP contribution in [0.4, 0.5) is 0 Å². The fourth-order valence-corrected chi connectivity index (χ4v) is 8.29. The number of unbranched alkanes of at least 4 members (excludes halogenated alkanes) is 32. The molecule has 0 aromatic rings. The van der Waals surface area contributed by atoms with Crippen LogP contribution in [-0.4, -0.2) is 46.9 Å². The minimum Gasteiger partial charge on any atom is -0.462 e. The van der Waals surface area contributed by atoms with Gasteiger partial charge in [-0.2, -0.15) is 0 Å². The number of nitrogens with one attached hydrogen (secondary N) is 1. The highest BCUT2D eigenvalue weighted by Gasteiger charge is 2.24. The number of carbonyl (C=O) groups excluding carboxylic acids is 2. The SMILES string of the molecule is CC/C=C/C/C=C/CCCCCCCC(CC(=O)NC(CO)C(O)CCCCCCCCCCCCCCCCCCC)OC(=O)CCCCCCCCCCCCCC. The molecule has 0 fully saturated rings. The Kier molecular flexibility index (Phi) is 47.0. The van der Waals surface area contributed by atoms with Crippen molar-refractivity contribution in [2.75, 3.05) is 6.61 Å². The average molecular weight is 846 g/mol. The van der Waals surface area contributed by atoms with Crippen molar-refractivity contribution in [3.05, 3.63) is 24.3 Å². The van der Waals surface area contributed by atoms with E-state index in [9.17, 15) is 19.8 Å². The lowest BCUT2D eigenvalue weighted by Crippen LogP contribution is -2.46. The summed E-state index contributed by atoms with van der Waals surface area (Å²) in [6.45, 7) is 6.39. The van der Waals surface area contributed by atoms with Crippen LogP contribution in [0.3, 0.4) is 0 Å². The number of hydrogen-bond acceptors (Lipinski definition) is 5. The van der Waals surface area contributed by atoms with E-state index in [1.807, 2.05) is 0 Å². The van der Waals surface area contributed by atoms with Gasteiger partial charge in [-0.1, -0.05) is 244 Å². The van der Waals surface area contributed by atoms with Gasteiger partial charge < -0.3 is 20.3 Å². The van der Waals surface area contributed by atoms with E-state index in [0.29, 0.717) is 19.3 Å². The van der Waals surface area contributed by atoms with Crippen molar-refractivity contribution in [2.24, 2.45) is 0 Å². The molecule has 3 N–H and O–H groups in total. The van der Waals surface area contributed by atoms with Crippen LogP contribution in [0.25, 0.3) is 0 Å². The Morgan fingerprint density at radius 1 is 0.500 bits per heavy atom. The number of allylic oxidation sites excluding steroid dienone is 4. The maximum absolute atomic E-state index is 13.2. The van der Waals surface area contributed by atoms with Crippen molar-refractivity contribution >= 4 is 11.9 Å². The standard InChI is InChI=1S/C54H103NO5/c1-4-7-10-13-16-19-22-25-26-27-28-29-31-34-37-40-43-46-52(57)51(49-56)55-53(58)48-50(45-42-39-36-33-30-23-20-17-14-11-8-5-2)60-54(59)47-44-41-38-35-32-24-21-18-15-12-9-6-3/h8,11,17,20,50-52,56-57H,4-7,9-10,12-16,18-19,21-49H2,1-3H3,(H,55,58)/b11-8+,20-17+. The monoisotopic (exact) mass is 846 g/mol. The molecule has 0 aliphatic rings. The number of ether oxygens (including phenoxy) is 1. The number of amides is 1. The Hall–Kier alpha value is -1.66. The Morgan fingerprint density at radius 3 is 1.35 bits per heavy atom. The molecule has 3 unspecified atom stereocenters. The highest BCUT2D eigenvalue weighted by molar-refractivity contribution is 5.77. The van der Waals surface area contributed by atoms with Gasteiger partial charge in [-0.05, 0) is 51.4 Å². The van der Waals surface area contributed by atoms with Crippen molar-refractivity contribution in [3.8, 4) is 0 Å². The Bertz CT molecular complexity index is 950. The number of esters is 1. The van der Waals surface area contributed by atoms with Crippen molar-refractivity contribution in [1.82, 2.24) is 5.32 Å². The van der Waals surface area contributed by atoms with Crippen LogP contribution in [0.5, 0.6) is 0 Å². The summed E-state index contributed by atoms with van der Waals surface area (Å²) in [6, 6.07) is -0.701. The van der Waals surface area contributed by atoms with Gasteiger partial charge in [-0.3, -0.25) is 9.59 Å². The molecule has 0 saturated heterocycles. The van der Waals surface area contributed by atoms with E-state index < -0.39 is 18.2 Å². The summed E-state index contributed by atoms with van der Waals surface area (Å²) in [4.78, 5) is 26.1. The molecule has 354 valence electrons. The molecule has 0 spiro atoms. The topological polar surface area (TPSA) is 95.9 Å². The fourth-order valence-electron chi connectivity index (χ4n) is 8.29. The van der Waals surface area contributed by atoms with E-state index in [-0.39, 0.29) is 24.9 Å². The van der Waals surface area contributed by atoms with Crippen LogP contribution in [0, 0.1) is 0 Å². The highest BCUT2D eigenvalue weighted by Crippen LogP contribution is 2.18. The van der Waals surface area contributed by atoms with E-state index in [0.717, 1.165) is 70.6 Å². The summed E-state index contributed by atoms with van der Waals surface area (Å²) < 4.78 is 5.92. The van der Waals surface area contributed by atoms with Crippen LogP contribution in [0.2, 0.25) is 0 Å². The normalized spacial score (nSPS) is 13.3. The first-order valence-corrected chi connectivity index (χ1v) is 26.6. The van der Waals surface area contributed by atoms with Gasteiger partial charge in [0.15, 0.2) is 0 Å². The summed E-state index contributed by atoms with van der Waals surface area (Å²) in [5.74, 6) is -0.475. The van der Waals surface area contributed by atoms with Crippen LogP contribution in [-0.2, 0) is 14.3 Å². The zero-order chi connectivity index (χ0) is 43.8. The molecule has 1 amide bonds. The molecule has 6 nitrogen and oxygen atoms in total. The molecular formula is C54H103NO5. The molecule has 0 bridgehead atoms. The zero-order valence-electron chi connectivity index (χ0n) is 40.4. The van der Waals surface area contributed by atoms with Crippen LogP contribution in [0.15, 0.2) is 24.3 Å². The second-order valence-electron chi connectivity index (χ2n) is 18.3. The predicted molar refractivity (Wildman–Crippen MR) is 260 cm³/mol. The molecule has 3 atom stereocenters. The van der Waals surface area contributed by atoms with Crippen molar-refractivity contribution in [3.63, 3.8) is 0 Å². The van der Waals surface area contributed by atoms with Gasteiger partial charge in [0.25, 0.3) is 0 Å². The summed E-state index contributed by atoms with van der Waals surface area (Å²) in [6.07, 6.45) is 55.3. The second kappa shape index (κ2) is 48.4. The van der Waals surface area contributed by atoms with Gasteiger partial charge in [0.1, 0.15) is 6.10 Å². The Balaban J connectivity index is 4.47. The fraction of sp³-hybridized carbons (Fsp3) is 0.889. The first kappa shape index (κ1) is 58.3. The largest absolute Gasteiger partial charge is 0.462 e. The molecule has 0 rings (SSSR count).